The Kier molecular flexibility index (Phi) is 7.02. The molecule has 4 nitrogen and oxygen atoms in total. The second-order valence-corrected chi connectivity index (χ2v) is 3.24. The van der Waals surface area contributed by atoms with Crippen LogP contribution in [-0.2, 0) is 37.0 Å². The molecule has 0 heterocycles. The number of benzene rings is 1. The molecular weight excluding hydrogens is 376 g/mol. The van der Waals surface area contributed by atoms with E-state index < -0.39 is 6.04 Å². The monoisotopic (exact) mass is 391 g/mol. The first kappa shape index (κ1) is 15.1. The first-order valence-corrected chi connectivity index (χ1v) is 4.68. The minimum atomic E-state index is -0.432. The van der Waals surface area contributed by atoms with Crippen molar-refractivity contribution in [2.45, 2.75) is 12.5 Å². The van der Waals surface area contributed by atoms with E-state index in [1.165, 1.54) is 7.11 Å². The van der Waals surface area contributed by atoms with Crippen LogP contribution in [-0.4, -0.2) is 26.2 Å². The summed E-state index contributed by atoms with van der Waals surface area (Å²) in [5.74, 6) is -0.311. The number of esters is 1. The number of hydrogen-bond donors (Lipinski definition) is 1. The van der Waals surface area contributed by atoms with Crippen LogP contribution in [0, 0.1) is 0 Å². The van der Waals surface area contributed by atoms with Gasteiger partial charge in [0.25, 0.3) is 5.97 Å². The molecule has 88 valence electrons. The third-order valence-corrected chi connectivity index (χ3v) is 2.19. The second kappa shape index (κ2) is 7.42. The van der Waals surface area contributed by atoms with Crippen molar-refractivity contribution < 1.29 is 30.6 Å². The molecule has 0 spiro atoms. The van der Waals surface area contributed by atoms with Gasteiger partial charge in [-0.15, -0.1) is 0 Å². The van der Waals surface area contributed by atoms with Gasteiger partial charge in [0.1, 0.15) is 0 Å². The number of hydrogen-bond acceptors (Lipinski definition) is 3. The third-order valence-electron chi connectivity index (χ3n) is 2.19. The Morgan fingerprint density at radius 2 is 2.00 bits per heavy atom. The van der Waals surface area contributed by atoms with Crippen molar-refractivity contribution in [1.82, 2.24) is 0 Å². The van der Waals surface area contributed by atoms with Crippen molar-refractivity contribution in [3.8, 4) is 0 Å². The molecule has 0 saturated heterocycles. The summed E-state index contributed by atoms with van der Waals surface area (Å²) < 4.78 is 4.64. The van der Waals surface area contributed by atoms with Crippen LogP contribution < -0.4 is 5.73 Å². The van der Waals surface area contributed by atoms with E-state index in [4.69, 9.17) is 5.73 Å². The molecule has 0 aromatic heterocycles. The van der Waals surface area contributed by atoms with Crippen LogP contribution in [0.25, 0.3) is 5.32 Å². The van der Waals surface area contributed by atoms with Crippen LogP contribution >= 0.6 is 0 Å². The first-order valence-electron chi connectivity index (χ1n) is 4.68. The molecule has 1 aromatic rings. The number of methoxy groups -OCH3 is 1. The molecule has 0 bridgehead atoms. The summed E-state index contributed by atoms with van der Waals surface area (Å²) in [6.07, 6.45) is 0.545. The Balaban J connectivity index is 0.00000225. The molecule has 5 heteroatoms. The average molecular weight is 391 g/mol. The maximum atomic E-state index is 11.3. The largest absolute Gasteiger partial charge is 0.653 e. The molecule has 0 aliphatic carbocycles. The van der Waals surface area contributed by atoms with Crippen LogP contribution in [0.15, 0.2) is 24.3 Å². The fraction of sp³-hybridized carbons (Fsp3) is 0.364. The Morgan fingerprint density at radius 3 is 2.44 bits per heavy atom. The van der Waals surface area contributed by atoms with Gasteiger partial charge >= 0.3 is 0 Å². The molecule has 0 amide bonds. The zero-order valence-electron chi connectivity index (χ0n) is 9.34. The number of anilines is 1. The topological polar surface area (TPSA) is 66.4 Å². The Labute approximate surface area is 110 Å². The van der Waals surface area contributed by atoms with Gasteiger partial charge in [-0.25, -0.2) is 0 Å². The molecule has 16 heavy (non-hydrogen) atoms. The van der Waals surface area contributed by atoms with Crippen LogP contribution in [0.3, 0.4) is 0 Å². The van der Waals surface area contributed by atoms with Crippen molar-refractivity contribution in [2.24, 2.45) is 0 Å². The van der Waals surface area contributed by atoms with Gasteiger partial charge in [-0.2, -0.15) is 7.05 Å². The summed E-state index contributed by atoms with van der Waals surface area (Å²) in [5.41, 5.74) is 7.29. The molecule has 0 aliphatic rings. The number of nitrogens with two attached hydrogens (primary N) is 1. The molecule has 1 unspecified atom stereocenters. The number of carbonyl (C=O) groups is 1. The normalized spacial score (nSPS) is 11.4. The number of carbonyl (C=O) groups excluding carboxylic acids is 1. The SMILES string of the molecule is C[N-]C(Cc1ccc(N)cc1)C(=O)OC.[W]. The van der Waals surface area contributed by atoms with Crippen molar-refractivity contribution in [1.29, 1.82) is 0 Å². The van der Waals surface area contributed by atoms with Crippen LogP contribution in [0.5, 0.6) is 0 Å². The molecule has 0 saturated carbocycles. The molecule has 1 rings (SSSR count). The predicted molar refractivity (Wildman–Crippen MR) is 59.6 cm³/mol. The van der Waals surface area contributed by atoms with E-state index in [1.807, 2.05) is 12.1 Å². The predicted octanol–water partition coefficient (Wildman–Crippen LogP) is 1.35. The van der Waals surface area contributed by atoms with Gasteiger partial charge in [0, 0.05) is 26.8 Å². The molecule has 2 N–H and O–H groups in total. The molecule has 0 radical (unpaired) electrons. The van der Waals surface area contributed by atoms with Gasteiger partial charge in [0.2, 0.25) is 0 Å². The fourth-order valence-electron chi connectivity index (χ4n) is 1.29. The number of nitrogen functional groups attached to an aromatic ring is 1. The van der Waals surface area contributed by atoms with Crippen LogP contribution in [0.2, 0.25) is 0 Å². The van der Waals surface area contributed by atoms with Gasteiger partial charge in [0.15, 0.2) is 0 Å². The number of likely N-dealkylation sites (N-methyl/N-ethyl adjacent to an activating group) is 1. The first-order chi connectivity index (χ1) is 7.17. The van der Waals surface area contributed by atoms with E-state index in [-0.39, 0.29) is 27.0 Å². The Bertz CT molecular complexity index is 327. The zero-order valence-corrected chi connectivity index (χ0v) is 12.3. The third kappa shape index (κ3) is 4.33. The maximum absolute atomic E-state index is 11.3. The minimum absolute atomic E-state index is 0. The summed E-state index contributed by atoms with van der Waals surface area (Å²) in [7, 11) is 2.97. The summed E-state index contributed by atoms with van der Waals surface area (Å²) in [4.78, 5) is 11.3. The average Bonchev–Trinajstić information content (AvgIpc) is 2.27. The van der Waals surface area contributed by atoms with Gasteiger partial charge in [-0.05, 0) is 30.2 Å². The smallest absolute Gasteiger partial charge is 0.288 e. The molecule has 1 aromatic carbocycles. The molecule has 0 fully saturated rings. The Morgan fingerprint density at radius 1 is 1.44 bits per heavy atom. The minimum Gasteiger partial charge on any atom is -0.653 e. The summed E-state index contributed by atoms with van der Waals surface area (Å²) >= 11 is 0. The Hall–Kier alpha value is -0.862. The summed E-state index contributed by atoms with van der Waals surface area (Å²) in [5, 5.41) is 3.97. The fourth-order valence-corrected chi connectivity index (χ4v) is 1.29. The van der Waals surface area contributed by atoms with Crippen molar-refractivity contribution >= 4 is 11.7 Å². The molecule has 0 aliphatic heterocycles. The van der Waals surface area contributed by atoms with E-state index in [0.717, 1.165) is 5.56 Å². The standard InChI is InChI=1S/C11H15N2O2.W/c1-13-10(11(14)15-2)7-8-3-5-9(12)6-4-8;/h3-6,10H,7,12H2,1-2H3;/q-1;. The van der Waals surface area contributed by atoms with Crippen molar-refractivity contribution in [3.63, 3.8) is 0 Å². The maximum Gasteiger partial charge on any atom is 0.288 e. The number of rotatable bonds is 4. The van der Waals surface area contributed by atoms with E-state index in [1.54, 1.807) is 19.2 Å². The summed E-state index contributed by atoms with van der Waals surface area (Å²) in [6.45, 7) is 0. The van der Waals surface area contributed by atoms with Gasteiger partial charge in [0.05, 0.1) is 7.11 Å². The van der Waals surface area contributed by atoms with Crippen LogP contribution in [0.1, 0.15) is 5.56 Å². The second-order valence-electron chi connectivity index (χ2n) is 3.24. The van der Waals surface area contributed by atoms with Crippen LogP contribution in [0.4, 0.5) is 5.69 Å². The van der Waals surface area contributed by atoms with E-state index in [2.05, 4.69) is 10.1 Å². The molecular formula is C11H15N2O2W-. The van der Waals surface area contributed by atoms with Gasteiger partial charge in [-0.1, -0.05) is 12.1 Å². The van der Waals surface area contributed by atoms with E-state index in [9.17, 15) is 4.79 Å². The van der Waals surface area contributed by atoms with E-state index in [0.29, 0.717) is 12.1 Å². The summed E-state index contributed by atoms with van der Waals surface area (Å²) in [6, 6.07) is 6.95. The van der Waals surface area contributed by atoms with E-state index >= 15 is 0 Å². The zero-order chi connectivity index (χ0) is 11.3. The van der Waals surface area contributed by atoms with Crippen molar-refractivity contribution in [2.75, 3.05) is 19.9 Å². The van der Waals surface area contributed by atoms with Gasteiger partial charge in [-0.3, -0.25) is 4.79 Å². The van der Waals surface area contributed by atoms with Gasteiger partial charge < -0.3 is 15.8 Å². The molecule has 1 atom stereocenters. The number of ether oxygens (including phenoxy) is 1. The quantitative estimate of drug-likeness (QED) is 0.623. The van der Waals surface area contributed by atoms with Crippen molar-refractivity contribution in [3.05, 3.63) is 35.1 Å². The number of nitrogens with zero attached hydrogens (tertiary/aromatic N) is 1.